The van der Waals surface area contributed by atoms with Crippen LogP contribution in [-0.2, 0) is 16.4 Å². The molecule has 0 spiro atoms. The molecular formula is C21H22N2O3S2. The molecule has 5 nitrogen and oxygen atoms in total. The Kier molecular flexibility index (Phi) is 4.89. The summed E-state index contributed by atoms with van der Waals surface area (Å²) in [6.07, 6.45) is 1.97. The van der Waals surface area contributed by atoms with E-state index < -0.39 is 10.0 Å². The van der Waals surface area contributed by atoms with Gasteiger partial charge in [0.15, 0.2) is 0 Å². The fraction of sp³-hybridized carbons (Fsp3) is 0.286. The highest BCUT2D eigenvalue weighted by atomic mass is 32.2. The molecule has 0 bridgehead atoms. The van der Waals surface area contributed by atoms with Gasteiger partial charge in [0.2, 0.25) is 10.0 Å². The number of hydrogen-bond donors (Lipinski definition) is 0. The van der Waals surface area contributed by atoms with Gasteiger partial charge < -0.3 is 4.74 Å². The van der Waals surface area contributed by atoms with E-state index in [4.69, 9.17) is 9.72 Å². The molecule has 0 unspecified atom stereocenters. The van der Waals surface area contributed by atoms with Crippen LogP contribution in [0.3, 0.4) is 0 Å². The van der Waals surface area contributed by atoms with Gasteiger partial charge in [-0.2, -0.15) is 0 Å². The first kappa shape index (κ1) is 19.0. The fourth-order valence-corrected chi connectivity index (χ4v) is 5.77. The summed E-state index contributed by atoms with van der Waals surface area (Å²) < 4.78 is 31.2. The van der Waals surface area contributed by atoms with E-state index in [2.05, 4.69) is 6.07 Å². The first-order valence-corrected chi connectivity index (χ1v) is 11.9. The van der Waals surface area contributed by atoms with E-state index in [1.165, 1.54) is 10.6 Å². The molecule has 2 aromatic carbocycles. The normalized spacial score (nSPS) is 16.2. The average molecular weight is 415 g/mol. The number of benzene rings is 2. The first-order chi connectivity index (χ1) is 13.4. The van der Waals surface area contributed by atoms with Crippen LogP contribution < -0.4 is 9.04 Å². The van der Waals surface area contributed by atoms with Crippen LogP contribution in [0.15, 0.2) is 47.8 Å². The molecule has 28 heavy (non-hydrogen) atoms. The average Bonchev–Trinajstić information content (AvgIpc) is 3.25. The van der Waals surface area contributed by atoms with Crippen molar-refractivity contribution in [2.24, 2.45) is 0 Å². The summed E-state index contributed by atoms with van der Waals surface area (Å²) in [6, 6.07) is 13.8. The van der Waals surface area contributed by atoms with Gasteiger partial charge in [-0.15, -0.1) is 11.3 Å². The zero-order valence-corrected chi connectivity index (χ0v) is 17.7. The van der Waals surface area contributed by atoms with Crippen molar-refractivity contribution in [2.45, 2.75) is 26.3 Å². The number of fused-ring (bicyclic) bond motifs is 1. The highest BCUT2D eigenvalue weighted by Crippen LogP contribution is 2.38. The van der Waals surface area contributed by atoms with Crippen LogP contribution in [0.2, 0.25) is 0 Å². The molecule has 0 amide bonds. The lowest BCUT2D eigenvalue weighted by Crippen LogP contribution is -2.34. The highest BCUT2D eigenvalue weighted by Gasteiger charge is 2.32. The molecule has 3 aromatic rings. The van der Waals surface area contributed by atoms with Crippen LogP contribution in [0.1, 0.15) is 19.4 Å². The van der Waals surface area contributed by atoms with E-state index in [1.807, 2.05) is 55.6 Å². The van der Waals surface area contributed by atoms with Gasteiger partial charge in [-0.1, -0.05) is 6.07 Å². The van der Waals surface area contributed by atoms with Gasteiger partial charge in [-0.3, -0.25) is 4.31 Å². The number of nitrogens with zero attached hydrogens (tertiary/aromatic N) is 2. The SMILES string of the molecule is CCOc1ccc(-c2nc(-c3ccc4c(c3)C[C@H](C)N4S(C)(=O)=O)cs2)cc1. The predicted octanol–water partition coefficient (Wildman–Crippen LogP) is 4.59. The number of ether oxygens (including phenoxy) is 1. The topological polar surface area (TPSA) is 59.5 Å². The molecule has 0 N–H and O–H groups in total. The van der Waals surface area contributed by atoms with Gasteiger partial charge in [0.25, 0.3) is 0 Å². The smallest absolute Gasteiger partial charge is 0.232 e. The van der Waals surface area contributed by atoms with Crippen molar-refractivity contribution in [1.82, 2.24) is 4.98 Å². The molecule has 0 saturated heterocycles. The Hall–Kier alpha value is -2.38. The summed E-state index contributed by atoms with van der Waals surface area (Å²) in [4.78, 5) is 4.78. The molecular weight excluding hydrogens is 392 g/mol. The van der Waals surface area contributed by atoms with E-state index in [0.29, 0.717) is 13.0 Å². The summed E-state index contributed by atoms with van der Waals surface area (Å²) in [5, 5.41) is 2.99. The Morgan fingerprint density at radius 1 is 1.18 bits per heavy atom. The van der Waals surface area contributed by atoms with Crippen molar-refractivity contribution < 1.29 is 13.2 Å². The van der Waals surface area contributed by atoms with Crippen molar-refractivity contribution in [3.63, 3.8) is 0 Å². The zero-order valence-electron chi connectivity index (χ0n) is 16.0. The van der Waals surface area contributed by atoms with E-state index >= 15 is 0 Å². The number of hydrogen-bond acceptors (Lipinski definition) is 5. The number of aromatic nitrogens is 1. The molecule has 0 aliphatic carbocycles. The Labute approximate surface area is 169 Å². The largest absolute Gasteiger partial charge is 0.494 e. The van der Waals surface area contributed by atoms with E-state index in [0.717, 1.165) is 38.8 Å². The molecule has 0 fully saturated rings. The number of rotatable bonds is 5. The lowest BCUT2D eigenvalue weighted by atomic mass is 10.1. The van der Waals surface area contributed by atoms with Crippen LogP contribution in [0.4, 0.5) is 5.69 Å². The summed E-state index contributed by atoms with van der Waals surface area (Å²) in [7, 11) is -3.27. The van der Waals surface area contributed by atoms with Gasteiger partial charge in [-0.05, 0) is 62.2 Å². The van der Waals surface area contributed by atoms with Gasteiger partial charge in [0, 0.05) is 22.5 Å². The highest BCUT2D eigenvalue weighted by molar-refractivity contribution is 7.92. The molecule has 2 heterocycles. The minimum Gasteiger partial charge on any atom is -0.494 e. The van der Waals surface area contributed by atoms with E-state index in [1.54, 1.807) is 11.3 Å². The van der Waals surface area contributed by atoms with E-state index in [9.17, 15) is 8.42 Å². The van der Waals surface area contributed by atoms with Crippen LogP contribution in [0.5, 0.6) is 5.75 Å². The summed E-state index contributed by atoms with van der Waals surface area (Å²) >= 11 is 1.60. The number of thiazole rings is 1. The van der Waals surface area contributed by atoms with Crippen molar-refractivity contribution in [1.29, 1.82) is 0 Å². The zero-order chi connectivity index (χ0) is 19.9. The molecule has 1 atom stereocenters. The first-order valence-electron chi connectivity index (χ1n) is 9.18. The third-order valence-corrected chi connectivity index (χ3v) is 6.96. The van der Waals surface area contributed by atoms with Crippen LogP contribution in [-0.4, -0.2) is 32.3 Å². The second-order valence-electron chi connectivity index (χ2n) is 6.95. The molecule has 4 rings (SSSR count). The maximum atomic E-state index is 12.1. The minimum atomic E-state index is -3.27. The third-order valence-electron chi connectivity index (χ3n) is 4.80. The van der Waals surface area contributed by atoms with Gasteiger partial charge in [0.05, 0.1) is 24.2 Å². The predicted molar refractivity (Wildman–Crippen MR) is 115 cm³/mol. The van der Waals surface area contributed by atoms with Gasteiger partial charge >= 0.3 is 0 Å². The number of sulfonamides is 1. The van der Waals surface area contributed by atoms with Crippen molar-refractivity contribution in [3.05, 3.63) is 53.4 Å². The molecule has 1 aliphatic rings. The van der Waals surface area contributed by atoms with E-state index in [-0.39, 0.29) is 6.04 Å². The quantitative estimate of drug-likeness (QED) is 0.613. The van der Waals surface area contributed by atoms with Crippen molar-refractivity contribution in [3.8, 4) is 27.6 Å². The van der Waals surface area contributed by atoms with Crippen LogP contribution in [0, 0.1) is 0 Å². The van der Waals surface area contributed by atoms with Crippen molar-refractivity contribution in [2.75, 3.05) is 17.2 Å². The molecule has 1 aliphatic heterocycles. The maximum Gasteiger partial charge on any atom is 0.232 e. The Bertz CT molecular complexity index is 1100. The molecule has 0 saturated carbocycles. The van der Waals surface area contributed by atoms with Gasteiger partial charge in [-0.25, -0.2) is 13.4 Å². The maximum absolute atomic E-state index is 12.1. The summed E-state index contributed by atoms with van der Waals surface area (Å²) in [5.41, 5.74) is 4.79. The number of anilines is 1. The standard InChI is InChI=1S/C21H22N2O3S2/c1-4-26-18-8-5-15(6-9-18)21-22-19(13-27-21)16-7-10-20-17(12-16)11-14(2)23(20)28(3,24)25/h5-10,12-14H,4,11H2,1-3H3/t14-/m0/s1. The molecule has 0 radical (unpaired) electrons. The summed E-state index contributed by atoms with van der Waals surface area (Å²) in [6.45, 7) is 4.55. The summed E-state index contributed by atoms with van der Waals surface area (Å²) in [5.74, 6) is 0.853. The van der Waals surface area contributed by atoms with Crippen molar-refractivity contribution >= 4 is 27.0 Å². The molecule has 1 aromatic heterocycles. The monoisotopic (exact) mass is 414 g/mol. The fourth-order valence-electron chi connectivity index (χ4n) is 3.67. The second kappa shape index (κ2) is 7.22. The Morgan fingerprint density at radius 3 is 2.57 bits per heavy atom. The Balaban J connectivity index is 1.62. The van der Waals surface area contributed by atoms with Crippen LogP contribution >= 0.6 is 11.3 Å². The van der Waals surface area contributed by atoms with Crippen LogP contribution in [0.25, 0.3) is 21.8 Å². The molecule has 7 heteroatoms. The lowest BCUT2D eigenvalue weighted by molar-refractivity contribution is 0.340. The minimum absolute atomic E-state index is 0.0601. The molecule has 146 valence electrons. The Morgan fingerprint density at radius 2 is 1.89 bits per heavy atom. The third kappa shape index (κ3) is 3.52. The van der Waals surface area contributed by atoms with Gasteiger partial charge in [0.1, 0.15) is 10.8 Å². The second-order valence-corrected chi connectivity index (χ2v) is 9.67. The lowest BCUT2D eigenvalue weighted by Gasteiger charge is -2.21.